The topological polar surface area (TPSA) is 59.9 Å². The summed E-state index contributed by atoms with van der Waals surface area (Å²) in [7, 11) is 0. The Morgan fingerprint density at radius 3 is 2.57 bits per heavy atom. The van der Waals surface area contributed by atoms with Crippen molar-refractivity contribution in [3.05, 3.63) is 29.8 Å². The Labute approximate surface area is 120 Å². The molecule has 5 nitrogen and oxygen atoms in total. The zero-order valence-electron chi connectivity index (χ0n) is 11.9. The Hall–Kier alpha value is -2.18. The Balaban J connectivity index is 2.09. The molecule has 7 heteroatoms. The van der Waals surface area contributed by atoms with Crippen LogP contribution in [0.25, 0.3) is 0 Å². The van der Waals surface area contributed by atoms with E-state index in [1.54, 1.807) is 6.92 Å². The monoisotopic (exact) mass is 298 g/mol. The minimum Gasteiger partial charge on any atom is -0.472 e. The third-order valence-corrected chi connectivity index (χ3v) is 2.90. The molecule has 1 aromatic carbocycles. The zero-order chi connectivity index (χ0) is 15.6. The fraction of sp³-hybridized carbons (Fsp3) is 0.429. The summed E-state index contributed by atoms with van der Waals surface area (Å²) in [5.74, 6) is -2.53. The molecule has 0 saturated carbocycles. The predicted molar refractivity (Wildman–Crippen MR) is 71.8 cm³/mol. The molecule has 1 atom stereocenters. The first-order valence-corrected chi connectivity index (χ1v) is 6.47. The molecule has 0 bridgehead atoms. The minimum absolute atomic E-state index is 0.117. The fourth-order valence-corrected chi connectivity index (χ4v) is 1.74. The first-order chi connectivity index (χ1) is 9.79. The van der Waals surface area contributed by atoms with E-state index in [2.05, 4.69) is 10.5 Å². The first kappa shape index (κ1) is 15.2. The second-order valence-corrected chi connectivity index (χ2v) is 5.28. The molecule has 0 radical (unpaired) electrons. The van der Waals surface area contributed by atoms with Crippen LogP contribution in [0.2, 0.25) is 0 Å². The smallest absolute Gasteiger partial charge is 0.268 e. The summed E-state index contributed by atoms with van der Waals surface area (Å²) in [6.07, 6.45) is 0.337. The van der Waals surface area contributed by atoms with E-state index in [0.29, 0.717) is 12.3 Å². The van der Waals surface area contributed by atoms with Crippen LogP contribution in [-0.2, 0) is 9.63 Å². The quantitative estimate of drug-likeness (QED) is 0.932. The molecule has 21 heavy (non-hydrogen) atoms. The number of amides is 1. The maximum atomic E-state index is 13.6. The highest BCUT2D eigenvalue weighted by atomic mass is 19.1. The Morgan fingerprint density at radius 2 is 2.05 bits per heavy atom. The molecule has 1 aliphatic rings. The average molecular weight is 298 g/mol. The summed E-state index contributed by atoms with van der Waals surface area (Å²) in [5.41, 5.74) is -1.47. The second kappa shape index (κ2) is 5.67. The molecule has 1 aromatic rings. The van der Waals surface area contributed by atoms with E-state index in [9.17, 15) is 13.6 Å². The van der Waals surface area contributed by atoms with Crippen LogP contribution in [-0.4, -0.2) is 23.4 Å². The highest BCUT2D eigenvalue weighted by Gasteiger charge is 2.34. The number of oxime groups is 1. The van der Waals surface area contributed by atoms with Crippen molar-refractivity contribution in [3.63, 3.8) is 0 Å². The van der Waals surface area contributed by atoms with Crippen molar-refractivity contribution in [1.82, 2.24) is 5.32 Å². The van der Waals surface area contributed by atoms with Crippen LogP contribution in [0.4, 0.5) is 8.78 Å². The fourth-order valence-electron chi connectivity index (χ4n) is 1.74. The van der Waals surface area contributed by atoms with Crippen molar-refractivity contribution in [2.24, 2.45) is 5.16 Å². The third-order valence-electron chi connectivity index (χ3n) is 2.90. The molecule has 1 heterocycles. The number of halogens is 2. The maximum absolute atomic E-state index is 13.6. The number of hydrogen-bond acceptors (Lipinski definition) is 4. The van der Waals surface area contributed by atoms with Crippen LogP contribution in [0, 0.1) is 11.6 Å². The normalized spacial score (nSPS) is 18.0. The van der Waals surface area contributed by atoms with Gasteiger partial charge in [-0.25, -0.2) is 8.78 Å². The van der Waals surface area contributed by atoms with Crippen molar-refractivity contribution in [1.29, 1.82) is 0 Å². The molecule has 1 unspecified atom stereocenters. The van der Waals surface area contributed by atoms with Crippen LogP contribution in [0.3, 0.4) is 0 Å². The van der Waals surface area contributed by atoms with E-state index in [0.717, 1.165) is 12.1 Å². The number of amidine groups is 1. The Bertz CT molecular complexity index is 567. The van der Waals surface area contributed by atoms with Crippen molar-refractivity contribution in [2.45, 2.75) is 38.9 Å². The van der Waals surface area contributed by atoms with E-state index in [4.69, 9.17) is 9.57 Å². The number of ether oxygens (including phenoxy) is 1. The Kier molecular flexibility index (Phi) is 4.11. The number of rotatable bonds is 3. The molecular formula is C14H16F2N2O3. The zero-order valence-corrected chi connectivity index (χ0v) is 11.9. The largest absolute Gasteiger partial charge is 0.472 e. The molecule has 0 fully saturated rings. The van der Waals surface area contributed by atoms with Crippen molar-refractivity contribution in [2.75, 3.05) is 0 Å². The lowest BCUT2D eigenvalue weighted by Crippen LogP contribution is -2.48. The molecule has 114 valence electrons. The molecule has 0 aromatic heterocycles. The summed E-state index contributed by atoms with van der Waals surface area (Å²) in [5, 5.41) is 6.22. The summed E-state index contributed by atoms with van der Waals surface area (Å²) in [6.45, 7) is 4.63. The highest BCUT2D eigenvalue weighted by molar-refractivity contribution is 6.01. The molecule has 1 amide bonds. The summed E-state index contributed by atoms with van der Waals surface area (Å²) >= 11 is 0. The van der Waals surface area contributed by atoms with Gasteiger partial charge in [0.15, 0.2) is 28.8 Å². The van der Waals surface area contributed by atoms with E-state index in [-0.39, 0.29) is 6.10 Å². The van der Waals surface area contributed by atoms with Crippen LogP contribution >= 0.6 is 0 Å². The lowest BCUT2D eigenvalue weighted by Gasteiger charge is -2.25. The van der Waals surface area contributed by atoms with E-state index in [1.165, 1.54) is 19.9 Å². The van der Waals surface area contributed by atoms with Gasteiger partial charge in [0.1, 0.15) is 6.10 Å². The van der Waals surface area contributed by atoms with Gasteiger partial charge in [0, 0.05) is 6.42 Å². The van der Waals surface area contributed by atoms with Gasteiger partial charge in [-0.3, -0.25) is 4.79 Å². The van der Waals surface area contributed by atoms with Gasteiger partial charge in [0.25, 0.3) is 5.91 Å². The number of carbonyl (C=O) groups is 1. The van der Waals surface area contributed by atoms with E-state index >= 15 is 0 Å². The van der Waals surface area contributed by atoms with Crippen molar-refractivity contribution in [3.8, 4) is 5.75 Å². The van der Waals surface area contributed by atoms with Crippen LogP contribution in [0.15, 0.2) is 23.4 Å². The number of nitrogens with zero attached hydrogens (tertiary/aromatic N) is 1. The average Bonchev–Trinajstić information content (AvgIpc) is 2.79. The van der Waals surface area contributed by atoms with E-state index in [1.807, 2.05) is 0 Å². The Morgan fingerprint density at radius 1 is 1.43 bits per heavy atom. The minimum atomic E-state index is -1.47. The lowest BCUT2D eigenvalue weighted by molar-refractivity contribution is -0.132. The van der Waals surface area contributed by atoms with Gasteiger partial charge < -0.3 is 14.9 Å². The van der Waals surface area contributed by atoms with Gasteiger partial charge in [-0.15, -0.1) is 0 Å². The molecule has 1 N–H and O–H groups in total. The molecule has 0 saturated heterocycles. The molecule has 2 rings (SSSR count). The molecular weight excluding hydrogens is 282 g/mol. The van der Waals surface area contributed by atoms with Crippen LogP contribution < -0.4 is 10.1 Å². The first-order valence-electron chi connectivity index (χ1n) is 6.47. The summed E-state index contributed by atoms with van der Waals surface area (Å²) < 4.78 is 32.3. The van der Waals surface area contributed by atoms with Crippen molar-refractivity contribution >= 4 is 11.7 Å². The number of hydrogen-bond donors (Lipinski definition) is 1. The van der Waals surface area contributed by atoms with Gasteiger partial charge in [-0.1, -0.05) is 11.2 Å². The SMILES string of the molecule is CC1CC(NC(=O)C(C)(C)Oc2c(F)cccc2F)=NO1. The number of nitrogens with one attached hydrogen (secondary N) is 1. The van der Waals surface area contributed by atoms with Gasteiger partial charge >= 0.3 is 0 Å². The van der Waals surface area contributed by atoms with Gasteiger partial charge in [0.05, 0.1) is 0 Å². The molecule has 0 aliphatic carbocycles. The number of para-hydroxylation sites is 1. The van der Waals surface area contributed by atoms with Crippen LogP contribution in [0.5, 0.6) is 5.75 Å². The summed E-state index contributed by atoms with van der Waals surface area (Å²) in [6, 6.07) is 3.34. The van der Waals surface area contributed by atoms with Gasteiger partial charge in [0.2, 0.25) is 0 Å². The second-order valence-electron chi connectivity index (χ2n) is 5.28. The number of benzene rings is 1. The van der Waals surface area contributed by atoms with Gasteiger partial charge in [-0.2, -0.15) is 0 Å². The maximum Gasteiger partial charge on any atom is 0.268 e. The predicted octanol–water partition coefficient (Wildman–Crippen LogP) is 2.36. The molecule has 0 spiro atoms. The number of carbonyl (C=O) groups excluding carboxylic acids is 1. The van der Waals surface area contributed by atoms with Gasteiger partial charge in [-0.05, 0) is 32.9 Å². The third kappa shape index (κ3) is 3.48. The standard InChI is InChI=1S/C14H16F2N2O3/c1-8-7-11(18-21-8)17-13(19)14(2,3)20-12-9(15)5-4-6-10(12)16/h4-6,8H,7H2,1-3H3,(H,17,18,19). The molecule has 1 aliphatic heterocycles. The van der Waals surface area contributed by atoms with Crippen LogP contribution in [0.1, 0.15) is 27.2 Å². The van der Waals surface area contributed by atoms with E-state index < -0.39 is 28.9 Å². The summed E-state index contributed by atoms with van der Waals surface area (Å²) in [4.78, 5) is 17.1. The lowest BCUT2D eigenvalue weighted by atomic mass is 10.1. The highest BCUT2D eigenvalue weighted by Crippen LogP contribution is 2.25. The van der Waals surface area contributed by atoms with Crippen molar-refractivity contribution < 1.29 is 23.1 Å².